The minimum atomic E-state index is -0.984. The number of para-hydroxylation sites is 1. The highest BCUT2D eigenvalue weighted by Gasteiger charge is 2.11. The van der Waals surface area contributed by atoms with Gasteiger partial charge in [-0.1, -0.05) is 30.3 Å². The first-order valence-electron chi connectivity index (χ1n) is 9.05. The molecule has 0 aliphatic heterocycles. The molecule has 0 aliphatic rings. The van der Waals surface area contributed by atoms with E-state index in [4.69, 9.17) is 4.74 Å². The van der Waals surface area contributed by atoms with Gasteiger partial charge in [-0.2, -0.15) is 0 Å². The molecule has 4 rings (SSSR count). The topological polar surface area (TPSA) is 56.5 Å². The Labute approximate surface area is 166 Å². The summed E-state index contributed by atoms with van der Waals surface area (Å²) in [6.07, 6.45) is 5.16. The molecule has 28 heavy (non-hydrogen) atoms. The van der Waals surface area contributed by atoms with Crippen LogP contribution in [0.1, 0.15) is 11.3 Å². The largest absolute Gasteiger partial charge is 0.496 e. The Morgan fingerprint density at radius 1 is 1.00 bits per heavy atom. The lowest BCUT2D eigenvalue weighted by Crippen LogP contribution is -2.01. The number of aromatic nitrogens is 3. The van der Waals surface area contributed by atoms with Crippen molar-refractivity contribution in [2.24, 2.45) is 0 Å². The van der Waals surface area contributed by atoms with Crippen LogP contribution in [0.4, 0.5) is 0 Å². The van der Waals surface area contributed by atoms with E-state index in [0.717, 1.165) is 46.0 Å². The molecule has 0 saturated carbocycles. The minimum absolute atomic E-state index is 0.815. The van der Waals surface area contributed by atoms with Crippen molar-refractivity contribution < 1.29 is 8.95 Å². The van der Waals surface area contributed by atoms with E-state index in [2.05, 4.69) is 28.4 Å². The number of benzene rings is 2. The summed E-state index contributed by atoms with van der Waals surface area (Å²) in [7, 11) is 0.716. The summed E-state index contributed by atoms with van der Waals surface area (Å²) in [6.45, 7) is 0. The first-order chi connectivity index (χ1) is 13.7. The average molecular weight is 391 g/mol. The molecule has 2 aromatic heterocycles. The third kappa shape index (κ3) is 3.55. The number of ether oxygens (including phenoxy) is 1. The number of aryl methyl sites for hydroxylation is 2. The highest BCUT2D eigenvalue weighted by molar-refractivity contribution is 7.84. The first-order valence-corrected chi connectivity index (χ1v) is 10.6. The van der Waals surface area contributed by atoms with Crippen molar-refractivity contribution in [3.05, 3.63) is 78.2 Å². The molecule has 0 aliphatic carbocycles. The fourth-order valence-corrected chi connectivity index (χ4v) is 3.91. The number of hydrogen-bond acceptors (Lipinski definition) is 4. The van der Waals surface area contributed by atoms with Crippen LogP contribution in [-0.4, -0.2) is 32.2 Å². The second kappa shape index (κ2) is 7.94. The molecule has 0 radical (unpaired) electrons. The lowest BCUT2D eigenvalue weighted by molar-refractivity contribution is 0.409. The molecule has 0 spiro atoms. The number of nitrogens with zero attached hydrogens (tertiary/aromatic N) is 3. The zero-order chi connectivity index (χ0) is 19.5. The smallest absolute Gasteiger partial charge is 0.168 e. The van der Waals surface area contributed by atoms with E-state index in [-0.39, 0.29) is 0 Å². The molecule has 2 aromatic carbocycles. The van der Waals surface area contributed by atoms with Gasteiger partial charge in [-0.15, -0.1) is 10.2 Å². The van der Waals surface area contributed by atoms with Gasteiger partial charge in [-0.25, -0.2) is 0 Å². The Morgan fingerprint density at radius 2 is 1.79 bits per heavy atom. The Morgan fingerprint density at radius 3 is 2.54 bits per heavy atom. The van der Waals surface area contributed by atoms with Crippen molar-refractivity contribution in [3.8, 4) is 16.9 Å². The average Bonchev–Trinajstić information content (AvgIpc) is 3.22. The molecule has 1 atom stereocenters. The first kappa shape index (κ1) is 18.4. The number of fused-ring (bicyclic) bond motifs is 1. The van der Waals surface area contributed by atoms with Gasteiger partial charge >= 0.3 is 0 Å². The fraction of sp³-hybridized carbons (Fsp3) is 0.182. The van der Waals surface area contributed by atoms with Crippen LogP contribution in [-0.2, 0) is 23.6 Å². The van der Waals surface area contributed by atoms with E-state index < -0.39 is 10.8 Å². The van der Waals surface area contributed by atoms with Crippen LogP contribution in [0.25, 0.3) is 16.8 Å². The SMILES string of the molecule is COc1ccccc1CCc1ccc(-c2ccc(S(C)=O)cc2)c2nncn12. The lowest BCUT2D eigenvalue weighted by atomic mass is 10.0. The number of methoxy groups -OCH3 is 1. The maximum absolute atomic E-state index is 11.6. The van der Waals surface area contributed by atoms with Gasteiger partial charge in [0.1, 0.15) is 12.1 Å². The molecule has 4 aromatic rings. The lowest BCUT2D eigenvalue weighted by Gasteiger charge is -2.11. The van der Waals surface area contributed by atoms with Gasteiger partial charge in [0.2, 0.25) is 0 Å². The zero-order valence-corrected chi connectivity index (χ0v) is 16.6. The van der Waals surface area contributed by atoms with E-state index in [0.29, 0.717) is 0 Å². The maximum atomic E-state index is 11.6. The highest BCUT2D eigenvalue weighted by Crippen LogP contribution is 2.26. The van der Waals surface area contributed by atoms with Gasteiger partial charge in [0, 0.05) is 33.2 Å². The standard InChI is InChI=1S/C22H21N3O2S/c1-27-21-6-4-3-5-17(21)7-10-18-11-14-20(22-24-23-15-25(18)22)16-8-12-19(13-9-16)28(2)26/h3-6,8-9,11-15H,7,10H2,1-2H3. The molecule has 0 N–H and O–H groups in total. The molecular formula is C22H21N3O2S. The number of pyridine rings is 1. The highest BCUT2D eigenvalue weighted by atomic mass is 32.2. The van der Waals surface area contributed by atoms with Crippen molar-refractivity contribution in [2.45, 2.75) is 17.7 Å². The van der Waals surface area contributed by atoms with Gasteiger partial charge in [0.05, 0.1) is 7.11 Å². The summed E-state index contributed by atoms with van der Waals surface area (Å²) in [5.41, 5.74) is 5.18. The monoisotopic (exact) mass is 391 g/mol. The van der Waals surface area contributed by atoms with Crippen LogP contribution in [0.5, 0.6) is 5.75 Å². The summed E-state index contributed by atoms with van der Waals surface area (Å²) < 4.78 is 19.1. The molecule has 1 unspecified atom stereocenters. The van der Waals surface area contributed by atoms with E-state index in [1.54, 1.807) is 19.7 Å². The van der Waals surface area contributed by atoms with Crippen LogP contribution in [0.3, 0.4) is 0 Å². The maximum Gasteiger partial charge on any atom is 0.168 e. The van der Waals surface area contributed by atoms with Gasteiger partial charge in [0.25, 0.3) is 0 Å². The molecule has 6 heteroatoms. The normalized spacial score (nSPS) is 12.2. The summed E-state index contributed by atoms with van der Waals surface area (Å²) in [5.74, 6) is 0.910. The Bertz CT molecular complexity index is 1140. The van der Waals surface area contributed by atoms with Crippen LogP contribution in [0.15, 0.2) is 71.9 Å². The van der Waals surface area contributed by atoms with Gasteiger partial charge < -0.3 is 4.74 Å². The molecule has 0 bridgehead atoms. The van der Waals surface area contributed by atoms with E-state index in [9.17, 15) is 4.21 Å². The van der Waals surface area contributed by atoms with Crippen LogP contribution in [0, 0.1) is 0 Å². The van der Waals surface area contributed by atoms with Crippen molar-refractivity contribution in [2.75, 3.05) is 13.4 Å². The summed E-state index contributed by atoms with van der Waals surface area (Å²) in [6, 6.07) is 20.0. The predicted octanol–water partition coefficient (Wildman–Crippen LogP) is 3.93. The van der Waals surface area contributed by atoms with Gasteiger partial charge in [-0.05, 0) is 54.3 Å². The number of hydrogen-bond donors (Lipinski definition) is 0. The second-order valence-corrected chi connectivity index (χ2v) is 7.93. The molecule has 142 valence electrons. The second-order valence-electron chi connectivity index (χ2n) is 6.55. The van der Waals surface area contributed by atoms with Crippen molar-refractivity contribution in [1.82, 2.24) is 14.6 Å². The Kier molecular flexibility index (Phi) is 5.21. The summed E-state index contributed by atoms with van der Waals surface area (Å²) >= 11 is 0. The molecule has 0 fully saturated rings. The van der Waals surface area contributed by atoms with Crippen molar-refractivity contribution in [3.63, 3.8) is 0 Å². The quantitative estimate of drug-likeness (QED) is 0.500. The molecular weight excluding hydrogens is 370 g/mol. The van der Waals surface area contributed by atoms with E-state index in [1.807, 2.05) is 46.9 Å². The number of rotatable bonds is 6. The predicted molar refractivity (Wildman–Crippen MR) is 111 cm³/mol. The van der Waals surface area contributed by atoms with Crippen molar-refractivity contribution in [1.29, 1.82) is 0 Å². The molecule has 5 nitrogen and oxygen atoms in total. The zero-order valence-electron chi connectivity index (χ0n) is 15.8. The van der Waals surface area contributed by atoms with Crippen LogP contribution < -0.4 is 4.74 Å². The molecule has 2 heterocycles. The van der Waals surface area contributed by atoms with Crippen LogP contribution in [0.2, 0.25) is 0 Å². The van der Waals surface area contributed by atoms with E-state index >= 15 is 0 Å². The third-order valence-electron chi connectivity index (χ3n) is 4.88. The Balaban J connectivity index is 1.65. The molecule has 0 saturated heterocycles. The van der Waals surface area contributed by atoms with Crippen LogP contribution >= 0.6 is 0 Å². The fourth-order valence-electron chi connectivity index (χ4n) is 3.39. The van der Waals surface area contributed by atoms with Crippen molar-refractivity contribution >= 4 is 16.4 Å². The third-order valence-corrected chi connectivity index (χ3v) is 5.82. The van der Waals surface area contributed by atoms with Gasteiger partial charge in [-0.3, -0.25) is 8.61 Å². The van der Waals surface area contributed by atoms with E-state index in [1.165, 1.54) is 5.56 Å². The Hall–Kier alpha value is -2.99. The summed E-state index contributed by atoms with van der Waals surface area (Å²) in [4.78, 5) is 0.815. The van der Waals surface area contributed by atoms with Gasteiger partial charge in [0.15, 0.2) is 5.65 Å². The summed E-state index contributed by atoms with van der Waals surface area (Å²) in [5, 5.41) is 8.45. The molecule has 0 amide bonds. The minimum Gasteiger partial charge on any atom is -0.496 e.